The fraction of sp³-hybridized carbons (Fsp3) is 0.682. The van der Waals surface area contributed by atoms with E-state index in [2.05, 4.69) is 35.4 Å². The molecule has 0 aliphatic heterocycles. The van der Waals surface area contributed by atoms with E-state index in [4.69, 9.17) is 10.5 Å². The minimum atomic E-state index is -1.18. The zero-order chi connectivity index (χ0) is 19.5. The van der Waals surface area contributed by atoms with Crippen molar-refractivity contribution in [2.24, 2.45) is 16.1 Å². The van der Waals surface area contributed by atoms with Gasteiger partial charge in [-0.3, -0.25) is 4.99 Å². The summed E-state index contributed by atoms with van der Waals surface area (Å²) in [5.74, 6) is 0.287. The van der Waals surface area contributed by atoms with E-state index in [1.165, 1.54) is 30.4 Å². The Morgan fingerprint density at radius 2 is 2.07 bits per heavy atom. The summed E-state index contributed by atoms with van der Waals surface area (Å²) >= 11 is 0. The molecule has 1 atom stereocenters. The normalized spacial score (nSPS) is 30.5. The summed E-state index contributed by atoms with van der Waals surface area (Å²) in [7, 11) is 3.43. The fourth-order valence-electron chi connectivity index (χ4n) is 4.99. The molecule has 2 aliphatic rings. The maximum absolute atomic E-state index is 12.0. The average Bonchev–Trinajstić information content (AvgIpc) is 2.90. The van der Waals surface area contributed by atoms with E-state index in [0.29, 0.717) is 0 Å². The van der Waals surface area contributed by atoms with E-state index in [9.17, 15) is 5.11 Å². The Hall–Kier alpha value is -1.59. The second-order valence-corrected chi connectivity index (χ2v) is 8.29. The van der Waals surface area contributed by atoms with Gasteiger partial charge in [-0.15, -0.1) is 0 Å². The van der Waals surface area contributed by atoms with Crippen LogP contribution in [0.2, 0.25) is 0 Å². The molecule has 3 rings (SSSR count). The Balaban J connectivity index is 1.94. The minimum Gasteiger partial charge on any atom is -0.381 e. The molecule has 0 bridgehead atoms. The van der Waals surface area contributed by atoms with Crippen LogP contribution in [0.15, 0.2) is 23.2 Å². The molecule has 1 fully saturated rings. The van der Waals surface area contributed by atoms with Crippen LogP contribution < -0.4 is 11.1 Å². The lowest BCUT2D eigenvalue weighted by Gasteiger charge is -2.47. The van der Waals surface area contributed by atoms with Crippen LogP contribution in [0.4, 0.5) is 0 Å². The van der Waals surface area contributed by atoms with Gasteiger partial charge >= 0.3 is 0 Å². The number of guanidine groups is 1. The molecule has 0 saturated heterocycles. The van der Waals surface area contributed by atoms with Gasteiger partial charge in [-0.25, -0.2) is 0 Å². The number of methoxy groups -OCH3 is 1. The van der Waals surface area contributed by atoms with Crippen molar-refractivity contribution in [3.63, 3.8) is 0 Å². The lowest BCUT2D eigenvalue weighted by Crippen LogP contribution is -2.58. The van der Waals surface area contributed by atoms with Crippen LogP contribution >= 0.6 is 0 Å². The van der Waals surface area contributed by atoms with Crippen molar-refractivity contribution < 1.29 is 9.84 Å². The quantitative estimate of drug-likeness (QED) is 0.310. The average molecular weight is 374 g/mol. The van der Waals surface area contributed by atoms with E-state index in [1.807, 2.05) is 0 Å². The van der Waals surface area contributed by atoms with Gasteiger partial charge in [0.15, 0.2) is 11.7 Å². The van der Waals surface area contributed by atoms with Gasteiger partial charge in [0.1, 0.15) is 0 Å². The van der Waals surface area contributed by atoms with E-state index < -0.39 is 5.72 Å². The van der Waals surface area contributed by atoms with E-state index in [0.717, 1.165) is 44.1 Å². The summed E-state index contributed by atoms with van der Waals surface area (Å²) in [6.45, 7) is 2.22. The highest BCUT2D eigenvalue weighted by molar-refractivity contribution is 5.79. The van der Waals surface area contributed by atoms with Crippen molar-refractivity contribution in [1.29, 1.82) is 0 Å². The summed E-state index contributed by atoms with van der Waals surface area (Å²) in [4.78, 5) is 4.06. The molecule has 150 valence electrons. The number of rotatable bonds is 6. The summed E-state index contributed by atoms with van der Waals surface area (Å²) in [5.41, 5.74) is 8.09. The highest BCUT2D eigenvalue weighted by atomic mass is 16.5. The molecule has 2 aliphatic carbocycles. The first-order valence-electron chi connectivity index (χ1n) is 10.4. The van der Waals surface area contributed by atoms with Crippen LogP contribution in [0.1, 0.15) is 68.6 Å². The molecule has 1 saturated carbocycles. The third-order valence-corrected chi connectivity index (χ3v) is 6.70. The van der Waals surface area contributed by atoms with Gasteiger partial charge in [0.25, 0.3) is 0 Å². The maximum atomic E-state index is 12.0. The van der Waals surface area contributed by atoms with Crippen LogP contribution in [0, 0.1) is 5.41 Å². The highest BCUT2D eigenvalue weighted by Crippen LogP contribution is 2.56. The summed E-state index contributed by atoms with van der Waals surface area (Å²) < 4.78 is 5.56. The lowest BCUT2D eigenvalue weighted by atomic mass is 9.66. The van der Waals surface area contributed by atoms with Crippen LogP contribution in [-0.2, 0) is 23.3 Å². The van der Waals surface area contributed by atoms with Gasteiger partial charge in [0.05, 0.1) is 6.10 Å². The molecule has 1 aromatic carbocycles. The molecular weight excluding hydrogens is 338 g/mol. The smallest absolute Gasteiger partial charge is 0.190 e. The van der Waals surface area contributed by atoms with Crippen LogP contribution in [-0.4, -0.2) is 31.3 Å². The first kappa shape index (κ1) is 20.2. The Morgan fingerprint density at radius 1 is 1.33 bits per heavy atom. The number of nitrogens with zero attached hydrogens (tertiary/aromatic N) is 1. The zero-order valence-corrected chi connectivity index (χ0v) is 17.1. The zero-order valence-electron chi connectivity index (χ0n) is 17.1. The molecule has 0 aromatic heterocycles. The van der Waals surface area contributed by atoms with E-state index in [-0.39, 0.29) is 17.5 Å². The Bertz CT molecular complexity index is 680. The highest BCUT2D eigenvalue weighted by Gasteiger charge is 2.58. The number of aryl methyl sites for hydroxylation is 1. The lowest BCUT2D eigenvalue weighted by molar-refractivity contribution is -0.125. The first-order chi connectivity index (χ1) is 13.0. The molecule has 5 nitrogen and oxygen atoms in total. The molecule has 1 unspecified atom stereocenters. The molecular formula is C22H35N3O2. The van der Waals surface area contributed by atoms with Gasteiger partial charge in [0, 0.05) is 25.1 Å². The monoisotopic (exact) mass is 373 g/mol. The van der Waals surface area contributed by atoms with Gasteiger partial charge in [-0.05, 0) is 56.1 Å². The number of nitrogens with two attached hydrogens (primary N) is 1. The number of benzene rings is 1. The van der Waals surface area contributed by atoms with Crippen LogP contribution in [0.25, 0.3) is 0 Å². The molecule has 1 spiro atoms. The van der Waals surface area contributed by atoms with Crippen molar-refractivity contribution in [2.45, 2.75) is 76.5 Å². The predicted molar refractivity (Wildman–Crippen MR) is 110 cm³/mol. The first-order valence-corrected chi connectivity index (χ1v) is 10.4. The number of hydrogen-bond acceptors (Lipinski definition) is 3. The Kier molecular flexibility index (Phi) is 6.11. The van der Waals surface area contributed by atoms with Gasteiger partial charge in [-0.2, -0.15) is 0 Å². The largest absolute Gasteiger partial charge is 0.381 e. The number of hydrogen-bond donors (Lipinski definition) is 3. The predicted octanol–water partition coefficient (Wildman–Crippen LogP) is 3.23. The van der Waals surface area contributed by atoms with Crippen LogP contribution in [0.5, 0.6) is 0 Å². The number of unbranched alkanes of at least 4 members (excludes halogenated alkanes) is 2. The molecule has 0 amide bonds. The Morgan fingerprint density at radius 3 is 2.70 bits per heavy atom. The van der Waals surface area contributed by atoms with Crippen LogP contribution in [0.3, 0.4) is 0 Å². The van der Waals surface area contributed by atoms with Gasteiger partial charge < -0.3 is 20.9 Å². The number of nitrogens with one attached hydrogen (secondary N) is 1. The molecule has 0 heterocycles. The summed E-state index contributed by atoms with van der Waals surface area (Å²) in [6.07, 6.45) is 9.56. The van der Waals surface area contributed by atoms with Crippen molar-refractivity contribution in [3.8, 4) is 0 Å². The third-order valence-electron chi connectivity index (χ3n) is 6.70. The number of aliphatic imine (C=N–C) groups is 1. The maximum Gasteiger partial charge on any atom is 0.190 e. The number of aliphatic hydroxyl groups is 1. The Labute approximate surface area is 163 Å². The van der Waals surface area contributed by atoms with E-state index in [1.54, 1.807) is 14.2 Å². The number of ether oxygens (including phenoxy) is 1. The van der Waals surface area contributed by atoms with Gasteiger partial charge in [0.2, 0.25) is 0 Å². The van der Waals surface area contributed by atoms with Crippen molar-refractivity contribution in [2.75, 3.05) is 14.2 Å². The molecule has 0 radical (unpaired) electrons. The third kappa shape index (κ3) is 3.72. The molecule has 5 heteroatoms. The molecule has 1 aromatic rings. The van der Waals surface area contributed by atoms with Crippen molar-refractivity contribution in [3.05, 3.63) is 34.9 Å². The minimum absolute atomic E-state index is 0.262. The summed E-state index contributed by atoms with van der Waals surface area (Å²) in [5, 5.41) is 15.2. The second kappa shape index (κ2) is 8.19. The standard InChI is InChI=1S/C22H35N3O2/c1-4-5-6-7-16-8-9-17-15-21(12-10-18(27-3)11-13-21)22(26,19(17)14-16)25-20(23)24-2/h8-9,14,18,26H,4-7,10-13,15H2,1-3H3,(H3,23,24,25). The van der Waals surface area contributed by atoms with Crippen molar-refractivity contribution in [1.82, 2.24) is 5.32 Å². The van der Waals surface area contributed by atoms with Gasteiger partial charge in [-0.1, -0.05) is 38.0 Å². The summed E-state index contributed by atoms with van der Waals surface area (Å²) in [6, 6.07) is 6.63. The van der Waals surface area contributed by atoms with E-state index >= 15 is 0 Å². The molecule has 27 heavy (non-hydrogen) atoms. The second-order valence-electron chi connectivity index (χ2n) is 8.29. The molecule has 4 N–H and O–H groups in total. The SMILES string of the molecule is CCCCCc1ccc2c(c1)C(O)(NC(N)=NC)C1(CCC(OC)CC1)C2. The van der Waals surface area contributed by atoms with Crippen molar-refractivity contribution >= 4 is 5.96 Å². The number of fused-ring (bicyclic) bond motifs is 1. The fourth-order valence-corrected chi connectivity index (χ4v) is 4.99. The topological polar surface area (TPSA) is 79.9 Å².